The lowest BCUT2D eigenvalue weighted by Gasteiger charge is -2.18. The molecule has 0 radical (unpaired) electrons. The van der Waals surface area contributed by atoms with Gasteiger partial charge in [-0.15, -0.1) is 0 Å². The molecule has 1 atom stereocenters. The van der Waals surface area contributed by atoms with Gasteiger partial charge in [-0.25, -0.2) is 0 Å². The third kappa shape index (κ3) is 2.93. The van der Waals surface area contributed by atoms with Crippen LogP contribution in [0.2, 0.25) is 10.0 Å². The van der Waals surface area contributed by atoms with E-state index in [9.17, 15) is 0 Å². The lowest BCUT2D eigenvalue weighted by atomic mass is 10.1. The monoisotopic (exact) mass is 387 g/mol. The predicted molar refractivity (Wildman–Crippen MR) is 88.8 cm³/mol. The van der Waals surface area contributed by atoms with E-state index in [-0.39, 0.29) is 12.8 Å². The Kier molecular flexibility index (Phi) is 4.20. The molecule has 0 bridgehead atoms. The van der Waals surface area contributed by atoms with Crippen LogP contribution in [0.15, 0.2) is 34.8 Å². The molecule has 110 valence electrons. The first-order valence-corrected chi connectivity index (χ1v) is 7.90. The third-order valence-electron chi connectivity index (χ3n) is 3.30. The number of hydrogen-bond acceptors (Lipinski definition) is 3. The number of fused-ring (bicyclic) bond motifs is 1. The average Bonchev–Trinajstić information content (AvgIpc) is 2.95. The van der Waals surface area contributed by atoms with Crippen molar-refractivity contribution in [1.82, 2.24) is 0 Å². The first-order chi connectivity index (χ1) is 10.1. The van der Waals surface area contributed by atoms with E-state index in [1.54, 1.807) is 0 Å². The van der Waals surface area contributed by atoms with Crippen LogP contribution in [0.4, 0.5) is 5.69 Å². The number of benzene rings is 2. The molecule has 1 aliphatic rings. The van der Waals surface area contributed by atoms with Gasteiger partial charge in [-0.2, -0.15) is 0 Å². The molecule has 1 heterocycles. The first kappa shape index (κ1) is 14.8. The third-order valence-corrected chi connectivity index (χ3v) is 5.07. The maximum atomic E-state index is 6.25. The van der Waals surface area contributed by atoms with Crippen molar-refractivity contribution in [3.05, 3.63) is 50.4 Å². The molecule has 0 aromatic heterocycles. The fraction of sp³-hybridized carbons (Fsp3) is 0.200. The van der Waals surface area contributed by atoms with Crippen molar-refractivity contribution in [2.75, 3.05) is 12.1 Å². The Balaban J connectivity index is 1.83. The highest BCUT2D eigenvalue weighted by molar-refractivity contribution is 9.10. The molecule has 2 aromatic rings. The Bertz CT molecular complexity index is 694. The van der Waals surface area contributed by atoms with Gasteiger partial charge in [0.05, 0.1) is 15.7 Å². The Morgan fingerprint density at radius 3 is 2.67 bits per heavy atom. The first-order valence-electron chi connectivity index (χ1n) is 6.36. The highest BCUT2D eigenvalue weighted by Crippen LogP contribution is 2.38. The van der Waals surface area contributed by atoms with Gasteiger partial charge < -0.3 is 14.8 Å². The summed E-state index contributed by atoms with van der Waals surface area (Å²) in [4.78, 5) is 0. The standard InChI is InChI=1S/C15H12BrCl2NO2/c1-8(9-2-5-12-13(6-9)21-7-20-12)19-11-4-3-10(16)14(17)15(11)18/h2-6,8,19H,7H2,1H3. The van der Waals surface area contributed by atoms with E-state index >= 15 is 0 Å². The number of rotatable bonds is 3. The van der Waals surface area contributed by atoms with Gasteiger partial charge in [0.2, 0.25) is 6.79 Å². The Labute approximate surface area is 141 Å². The molecule has 0 spiro atoms. The van der Waals surface area contributed by atoms with E-state index in [1.165, 1.54) is 0 Å². The quantitative estimate of drug-likeness (QED) is 0.688. The zero-order valence-corrected chi connectivity index (χ0v) is 14.2. The molecule has 3 rings (SSSR count). The Hall–Kier alpha value is -1.10. The number of halogens is 3. The van der Waals surface area contributed by atoms with E-state index in [2.05, 4.69) is 21.2 Å². The van der Waals surface area contributed by atoms with Crippen LogP contribution >= 0.6 is 39.1 Å². The van der Waals surface area contributed by atoms with Crippen molar-refractivity contribution in [2.24, 2.45) is 0 Å². The minimum absolute atomic E-state index is 0.0502. The molecule has 21 heavy (non-hydrogen) atoms. The lowest BCUT2D eigenvalue weighted by Crippen LogP contribution is -2.07. The molecule has 2 aromatic carbocycles. The van der Waals surface area contributed by atoms with E-state index in [1.807, 2.05) is 37.3 Å². The highest BCUT2D eigenvalue weighted by Gasteiger charge is 2.17. The molecule has 1 unspecified atom stereocenters. The van der Waals surface area contributed by atoms with Gasteiger partial charge in [0, 0.05) is 10.5 Å². The van der Waals surface area contributed by atoms with Gasteiger partial charge >= 0.3 is 0 Å². The number of ether oxygens (including phenoxy) is 2. The predicted octanol–water partition coefficient (Wildman–Crippen LogP) is 5.66. The summed E-state index contributed by atoms with van der Waals surface area (Å²) in [6, 6.07) is 9.68. The van der Waals surface area contributed by atoms with Crippen LogP contribution in [0, 0.1) is 0 Å². The summed E-state index contributed by atoms with van der Waals surface area (Å²) in [6.45, 7) is 2.32. The number of hydrogen-bond donors (Lipinski definition) is 1. The summed E-state index contributed by atoms with van der Waals surface area (Å²) < 4.78 is 11.5. The molecule has 6 heteroatoms. The maximum Gasteiger partial charge on any atom is 0.231 e. The maximum absolute atomic E-state index is 6.25. The van der Waals surface area contributed by atoms with E-state index < -0.39 is 0 Å². The summed E-state index contributed by atoms with van der Waals surface area (Å²) in [5.41, 5.74) is 1.87. The molecular formula is C15H12BrCl2NO2. The Morgan fingerprint density at radius 1 is 1.10 bits per heavy atom. The van der Waals surface area contributed by atoms with Crippen molar-refractivity contribution >= 4 is 44.8 Å². The van der Waals surface area contributed by atoms with Crippen molar-refractivity contribution in [3.8, 4) is 11.5 Å². The van der Waals surface area contributed by atoms with Crippen LogP contribution in [-0.4, -0.2) is 6.79 Å². The van der Waals surface area contributed by atoms with Gasteiger partial charge in [-0.3, -0.25) is 0 Å². The number of anilines is 1. The summed E-state index contributed by atoms with van der Waals surface area (Å²) in [5.74, 6) is 1.54. The SMILES string of the molecule is CC(Nc1ccc(Br)c(Cl)c1Cl)c1ccc2c(c1)OCO2. The summed E-state index contributed by atoms with van der Waals surface area (Å²) in [5, 5.41) is 4.35. The van der Waals surface area contributed by atoms with Gasteiger partial charge in [-0.1, -0.05) is 29.3 Å². The number of nitrogens with one attached hydrogen (secondary N) is 1. The van der Waals surface area contributed by atoms with Gasteiger partial charge in [0.15, 0.2) is 11.5 Å². The fourth-order valence-corrected chi connectivity index (χ4v) is 2.97. The molecular weight excluding hydrogens is 377 g/mol. The fourth-order valence-electron chi connectivity index (χ4n) is 2.14. The molecule has 0 saturated carbocycles. The lowest BCUT2D eigenvalue weighted by molar-refractivity contribution is 0.174. The molecule has 0 fully saturated rings. The molecule has 1 N–H and O–H groups in total. The van der Waals surface area contributed by atoms with E-state index in [0.717, 1.165) is 27.2 Å². The van der Waals surface area contributed by atoms with Crippen LogP contribution < -0.4 is 14.8 Å². The van der Waals surface area contributed by atoms with Crippen molar-refractivity contribution in [2.45, 2.75) is 13.0 Å². The van der Waals surface area contributed by atoms with Crippen LogP contribution in [0.1, 0.15) is 18.5 Å². The van der Waals surface area contributed by atoms with Crippen LogP contribution in [-0.2, 0) is 0 Å². The van der Waals surface area contributed by atoms with Crippen LogP contribution in [0.5, 0.6) is 11.5 Å². The van der Waals surface area contributed by atoms with Gasteiger partial charge in [0.1, 0.15) is 0 Å². The zero-order chi connectivity index (χ0) is 15.0. The molecule has 3 nitrogen and oxygen atoms in total. The topological polar surface area (TPSA) is 30.5 Å². The minimum Gasteiger partial charge on any atom is -0.454 e. The smallest absolute Gasteiger partial charge is 0.231 e. The molecule has 0 aliphatic carbocycles. The van der Waals surface area contributed by atoms with Crippen molar-refractivity contribution in [3.63, 3.8) is 0 Å². The molecule has 0 amide bonds. The molecule has 1 aliphatic heterocycles. The van der Waals surface area contributed by atoms with Crippen LogP contribution in [0.3, 0.4) is 0 Å². The van der Waals surface area contributed by atoms with E-state index in [4.69, 9.17) is 32.7 Å². The summed E-state index contributed by atoms with van der Waals surface area (Å²) in [7, 11) is 0. The van der Waals surface area contributed by atoms with E-state index in [0.29, 0.717) is 10.0 Å². The van der Waals surface area contributed by atoms with Crippen LogP contribution in [0.25, 0.3) is 0 Å². The molecule has 0 saturated heterocycles. The second kappa shape index (κ2) is 5.95. The van der Waals surface area contributed by atoms with Gasteiger partial charge in [0.25, 0.3) is 0 Å². The minimum atomic E-state index is 0.0502. The zero-order valence-electron chi connectivity index (χ0n) is 11.1. The second-order valence-corrected chi connectivity index (χ2v) is 6.31. The summed E-state index contributed by atoms with van der Waals surface area (Å²) in [6.07, 6.45) is 0. The second-order valence-electron chi connectivity index (χ2n) is 4.70. The highest BCUT2D eigenvalue weighted by atomic mass is 79.9. The van der Waals surface area contributed by atoms with Crippen molar-refractivity contribution < 1.29 is 9.47 Å². The van der Waals surface area contributed by atoms with Crippen molar-refractivity contribution in [1.29, 1.82) is 0 Å². The Morgan fingerprint density at radius 2 is 1.86 bits per heavy atom. The summed E-state index contributed by atoms with van der Waals surface area (Å²) >= 11 is 15.7. The van der Waals surface area contributed by atoms with Gasteiger partial charge in [-0.05, 0) is 52.7 Å². The normalized spacial score (nSPS) is 14.1. The largest absolute Gasteiger partial charge is 0.454 e. The average molecular weight is 389 g/mol.